The van der Waals surface area contributed by atoms with Gasteiger partial charge in [0.2, 0.25) is 0 Å². The largest absolute Gasteiger partial charge is 0.493 e. The summed E-state index contributed by atoms with van der Waals surface area (Å²) in [5, 5.41) is -0.280. The third-order valence-corrected chi connectivity index (χ3v) is 5.89. The lowest BCUT2D eigenvalue weighted by molar-refractivity contribution is -0.123. The van der Waals surface area contributed by atoms with E-state index in [1.54, 1.807) is 12.1 Å². The maximum Gasteiger partial charge on any atom is 0.293 e. The zero-order chi connectivity index (χ0) is 21.0. The van der Waals surface area contributed by atoms with Gasteiger partial charge in [-0.1, -0.05) is 35.7 Å². The molecule has 29 heavy (non-hydrogen) atoms. The fourth-order valence-corrected chi connectivity index (χ4v) is 4.36. The molecule has 0 N–H and O–H groups in total. The summed E-state index contributed by atoms with van der Waals surface area (Å²) in [4.78, 5) is 26.8. The molecule has 0 bridgehead atoms. The van der Waals surface area contributed by atoms with Crippen LogP contribution in [0, 0.1) is 22.8 Å². The fourth-order valence-electron chi connectivity index (χ4n) is 2.74. The Morgan fingerprint density at radius 1 is 1.24 bits per heavy atom. The first kappa shape index (κ1) is 21.3. The molecular formula is C22H18INO4S. The van der Waals surface area contributed by atoms with Crippen molar-refractivity contribution in [3.8, 4) is 23.8 Å². The van der Waals surface area contributed by atoms with Crippen LogP contribution in [0.15, 0.2) is 41.3 Å². The summed E-state index contributed by atoms with van der Waals surface area (Å²) in [5.41, 5.74) is 2.77. The zero-order valence-electron chi connectivity index (χ0n) is 15.9. The summed E-state index contributed by atoms with van der Waals surface area (Å²) in [7, 11) is 1.54. The standard InChI is InChI=1S/C22H18INO4S/c1-4-9-28-20-17(23)10-16(11-18(20)27-3)12-19-21(25)24(22(26)29-19)13-15-7-5-14(2)6-8-15/h1,5-8,10-12H,9,13H2,2-3H3/b19-12+. The van der Waals surface area contributed by atoms with E-state index in [4.69, 9.17) is 15.9 Å². The smallest absolute Gasteiger partial charge is 0.293 e. The van der Waals surface area contributed by atoms with Gasteiger partial charge in [-0.05, 0) is 70.6 Å². The molecule has 5 nitrogen and oxygen atoms in total. The van der Waals surface area contributed by atoms with Gasteiger partial charge in [-0.2, -0.15) is 0 Å². The second kappa shape index (κ2) is 9.37. The minimum atomic E-state index is -0.304. The molecule has 0 aromatic heterocycles. The van der Waals surface area contributed by atoms with Crippen molar-refractivity contribution in [3.63, 3.8) is 0 Å². The summed E-state index contributed by atoms with van der Waals surface area (Å²) in [5.74, 6) is 3.18. The molecule has 1 aliphatic rings. The molecule has 148 valence electrons. The first-order chi connectivity index (χ1) is 13.9. The minimum Gasteiger partial charge on any atom is -0.493 e. The van der Waals surface area contributed by atoms with E-state index in [2.05, 4.69) is 28.5 Å². The van der Waals surface area contributed by atoms with Crippen molar-refractivity contribution in [2.24, 2.45) is 0 Å². The van der Waals surface area contributed by atoms with Crippen molar-refractivity contribution in [2.75, 3.05) is 13.7 Å². The Bertz CT molecular complexity index is 1020. The SMILES string of the molecule is C#CCOc1c(I)cc(/C=C2/SC(=O)N(Cc3ccc(C)cc3)C2=O)cc1OC. The van der Waals surface area contributed by atoms with Gasteiger partial charge in [-0.15, -0.1) is 6.42 Å². The highest BCUT2D eigenvalue weighted by Crippen LogP contribution is 2.37. The Morgan fingerprint density at radius 3 is 2.62 bits per heavy atom. The predicted octanol–water partition coefficient (Wildman–Crippen LogP) is 4.86. The van der Waals surface area contributed by atoms with Crippen LogP contribution in [-0.4, -0.2) is 29.8 Å². The third kappa shape index (κ3) is 4.95. The van der Waals surface area contributed by atoms with E-state index in [0.717, 1.165) is 32.0 Å². The summed E-state index contributed by atoms with van der Waals surface area (Å²) in [6.07, 6.45) is 6.95. The van der Waals surface area contributed by atoms with E-state index < -0.39 is 0 Å². The Kier molecular flexibility index (Phi) is 6.87. The van der Waals surface area contributed by atoms with Gasteiger partial charge >= 0.3 is 0 Å². The molecular weight excluding hydrogens is 501 g/mol. The molecule has 0 radical (unpaired) electrons. The van der Waals surface area contributed by atoms with Crippen molar-refractivity contribution in [1.82, 2.24) is 4.90 Å². The average molecular weight is 519 g/mol. The van der Waals surface area contributed by atoms with Crippen LogP contribution >= 0.6 is 34.4 Å². The second-order valence-corrected chi connectivity index (χ2v) is 8.44. The number of hydrogen-bond acceptors (Lipinski definition) is 5. The van der Waals surface area contributed by atoms with Crippen LogP contribution in [0.2, 0.25) is 0 Å². The first-order valence-electron chi connectivity index (χ1n) is 8.67. The van der Waals surface area contributed by atoms with E-state index in [1.807, 2.05) is 37.3 Å². The lowest BCUT2D eigenvalue weighted by Gasteiger charge is -2.13. The number of benzene rings is 2. The topological polar surface area (TPSA) is 55.8 Å². The van der Waals surface area contributed by atoms with Gasteiger partial charge in [0.05, 0.1) is 22.1 Å². The number of carbonyl (C=O) groups excluding carboxylic acids is 2. The first-order valence-corrected chi connectivity index (χ1v) is 10.6. The normalized spacial score (nSPS) is 15.0. The summed E-state index contributed by atoms with van der Waals surface area (Å²) < 4.78 is 11.7. The molecule has 2 aromatic rings. The quantitative estimate of drug-likeness (QED) is 0.310. The number of hydrogen-bond donors (Lipinski definition) is 0. The number of halogens is 1. The number of nitrogens with zero attached hydrogens (tertiary/aromatic N) is 1. The molecule has 2 amide bonds. The molecule has 7 heteroatoms. The number of ether oxygens (including phenoxy) is 2. The van der Waals surface area contributed by atoms with E-state index in [1.165, 1.54) is 12.0 Å². The number of methoxy groups -OCH3 is 1. The van der Waals surface area contributed by atoms with Crippen molar-refractivity contribution in [3.05, 3.63) is 61.6 Å². The Balaban J connectivity index is 1.84. The molecule has 0 atom stereocenters. The van der Waals surface area contributed by atoms with Gasteiger partial charge in [0.25, 0.3) is 11.1 Å². The Labute approximate surface area is 187 Å². The highest BCUT2D eigenvalue weighted by Gasteiger charge is 2.35. The van der Waals surface area contributed by atoms with Crippen molar-refractivity contribution in [2.45, 2.75) is 13.5 Å². The predicted molar refractivity (Wildman–Crippen MR) is 123 cm³/mol. The molecule has 0 saturated carbocycles. The van der Waals surface area contributed by atoms with E-state index in [9.17, 15) is 9.59 Å². The molecule has 0 aliphatic carbocycles. The van der Waals surface area contributed by atoms with E-state index in [0.29, 0.717) is 16.4 Å². The number of amides is 2. The molecule has 1 aliphatic heterocycles. The number of aryl methyl sites for hydroxylation is 1. The van der Waals surface area contributed by atoms with Crippen LogP contribution in [0.25, 0.3) is 6.08 Å². The van der Waals surface area contributed by atoms with Gasteiger partial charge in [0.15, 0.2) is 11.5 Å². The summed E-state index contributed by atoms with van der Waals surface area (Å²) in [6.45, 7) is 2.37. The Hall–Kier alpha value is -2.44. The molecule has 1 heterocycles. The Morgan fingerprint density at radius 2 is 1.97 bits per heavy atom. The maximum absolute atomic E-state index is 12.8. The summed E-state index contributed by atoms with van der Waals surface area (Å²) in [6, 6.07) is 11.4. The lowest BCUT2D eigenvalue weighted by Crippen LogP contribution is -2.27. The highest BCUT2D eigenvalue weighted by atomic mass is 127. The van der Waals surface area contributed by atoms with Crippen molar-refractivity contribution < 1.29 is 19.1 Å². The number of terminal acetylenes is 1. The van der Waals surface area contributed by atoms with Crippen LogP contribution < -0.4 is 9.47 Å². The molecule has 0 unspecified atom stereocenters. The average Bonchev–Trinajstić information content (AvgIpc) is 2.95. The van der Waals surface area contributed by atoms with E-state index in [-0.39, 0.29) is 24.3 Å². The minimum absolute atomic E-state index is 0.129. The number of thioether (sulfide) groups is 1. The molecule has 1 saturated heterocycles. The molecule has 0 spiro atoms. The van der Waals surface area contributed by atoms with Crippen LogP contribution in [-0.2, 0) is 11.3 Å². The van der Waals surface area contributed by atoms with Gasteiger partial charge < -0.3 is 9.47 Å². The molecule has 2 aromatic carbocycles. The van der Waals surface area contributed by atoms with Crippen LogP contribution in [0.5, 0.6) is 11.5 Å². The van der Waals surface area contributed by atoms with E-state index >= 15 is 0 Å². The number of imide groups is 1. The van der Waals surface area contributed by atoms with Crippen LogP contribution in [0.3, 0.4) is 0 Å². The van der Waals surface area contributed by atoms with Crippen molar-refractivity contribution >= 4 is 51.6 Å². The number of carbonyl (C=O) groups is 2. The van der Waals surface area contributed by atoms with Crippen molar-refractivity contribution in [1.29, 1.82) is 0 Å². The third-order valence-electron chi connectivity index (χ3n) is 4.18. The van der Waals surface area contributed by atoms with Gasteiger partial charge in [-0.25, -0.2) is 0 Å². The zero-order valence-corrected chi connectivity index (χ0v) is 18.9. The second-order valence-electron chi connectivity index (χ2n) is 6.28. The lowest BCUT2D eigenvalue weighted by atomic mass is 10.1. The number of rotatable bonds is 6. The summed E-state index contributed by atoms with van der Waals surface area (Å²) >= 11 is 3.05. The van der Waals surface area contributed by atoms with Crippen LogP contribution in [0.4, 0.5) is 4.79 Å². The van der Waals surface area contributed by atoms with Crippen LogP contribution in [0.1, 0.15) is 16.7 Å². The van der Waals surface area contributed by atoms with Gasteiger partial charge in [-0.3, -0.25) is 14.5 Å². The monoisotopic (exact) mass is 519 g/mol. The molecule has 3 rings (SSSR count). The van der Waals surface area contributed by atoms with Gasteiger partial charge in [0.1, 0.15) is 6.61 Å². The highest BCUT2D eigenvalue weighted by molar-refractivity contribution is 14.1. The maximum atomic E-state index is 12.8. The fraction of sp³-hybridized carbons (Fsp3) is 0.182. The molecule has 1 fully saturated rings. The van der Waals surface area contributed by atoms with Gasteiger partial charge in [0, 0.05) is 0 Å².